The average molecular weight is 432 g/mol. The standard InChI is InChI=1S/C24H25N5OS/c1-4-13-29(15-20(30)28(2)3)23-21-19(17-9-6-5-7-10-17)16-31-24(21)27-22(26-23)18-11-8-12-25-14-18/h5-12,14,16H,4,13,15H2,1-3H3. The van der Waals surface area contributed by atoms with Crippen LogP contribution in [0.25, 0.3) is 32.7 Å². The number of likely N-dealkylation sites (N-methyl/N-ethyl adjacent to an activating group) is 1. The van der Waals surface area contributed by atoms with Gasteiger partial charge in [0.1, 0.15) is 10.6 Å². The first kappa shape index (κ1) is 20.9. The van der Waals surface area contributed by atoms with Crippen LogP contribution in [-0.4, -0.2) is 52.9 Å². The number of pyridine rings is 1. The molecule has 0 N–H and O–H groups in total. The van der Waals surface area contributed by atoms with E-state index in [9.17, 15) is 4.79 Å². The van der Waals surface area contributed by atoms with Crippen LogP contribution in [0.4, 0.5) is 5.82 Å². The Hall–Kier alpha value is -3.32. The van der Waals surface area contributed by atoms with Crippen molar-refractivity contribution < 1.29 is 4.79 Å². The number of aromatic nitrogens is 3. The molecule has 0 fully saturated rings. The lowest BCUT2D eigenvalue weighted by Crippen LogP contribution is -2.37. The molecule has 0 aliphatic rings. The Kier molecular flexibility index (Phi) is 6.23. The molecule has 0 atom stereocenters. The minimum absolute atomic E-state index is 0.0413. The van der Waals surface area contributed by atoms with Gasteiger partial charge in [-0.15, -0.1) is 11.3 Å². The first-order chi connectivity index (χ1) is 15.1. The van der Waals surface area contributed by atoms with Gasteiger partial charge in [0, 0.05) is 49.5 Å². The number of anilines is 1. The Morgan fingerprint density at radius 2 is 1.81 bits per heavy atom. The van der Waals surface area contributed by atoms with E-state index >= 15 is 0 Å². The third kappa shape index (κ3) is 4.41. The Morgan fingerprint density at radius 3 is 2.48 bits per heavy atom. The highest BCUT2D eigenvalue weighted by molar-refractivity contribution is 7.17. The molecule has 0 aliphatic heterocycles. The first-order valence-electron chi connectivity index (χ1n) is 10.3. The molecule has 0 unspecified atom stereocenters. The zero-order chi connectivity index (χ0) is 21.8. The summed E-state index contributed by atoms with van der Waals surface area (Å²) in [4.78, 5) is 31.3. The smallest absolute Gasteiger partial charge is 0.241 e. The summed E-state index contributed by atoms with van der Waals surface area (Å²) in [5, 5.41) is 3.12. The summed E-state index contributed by atoms with van der Waals surface area (Å²) in [5.74, 6) is 1.45. The van der Waals surface area contributed by atoms with Crippen LogP contribution >= 0.6 is 11.3 Å². The molecule has 0 saturated carbocycles. The number of fused-ring (bicyclic) bond motifs is 1. The second-order valence-electron chi connectivity index (χ2n) is 7.52. The van der Waals surface area contributed by atoms with E-state index in [1.54, 1.807) is 42.7 Å². The molecule has 1 amide bonds. The van der Waals surface area contributed by atoms with Crippen molar-refractivity contribution in [1.29, 1.82) is 0 Å². The summed E-state index contributed by atoms with van der Waals surface area (Å²) >= 11 is 1.60. The number of rotatable bonds is 7. The van der Waals surface area contributed by atoms with Gasteiger partial charge in [0.25, 0.3) is 0 Å². The van der Waals surface area contributed by atoms with Gasteiger partial charge in [0.05, 0.1) is 11.9 Å². The summed E-state index contributed by atoms with van der Waals surface area (Å²) in [6.07, 6.45) is 4.41. The van der Waals surface area contributed by atoms with Crippen molar-refractivity contribution in [1.82, 2.24) is 19.9 Å². The highest BCUT2D eigenvalue weighted by Gasteiger charge is 2.22. The van der Waals surface area contributed by atoms with Crippen LogP contribution in [0.3, 0.4) is 0 Å². The van der Waals surface area contributed by atoms with Crippen molar-refractivity contribution in [3.05, 3.63) is 60.2 Å². The van der Waals surface area contributed by atoms with Crippen molar-refractivity contribution in [3.63, 3.8) is 0 Å². The molecule has 0 aliphatic carbocycles. The molecular formula is C24H25N5OS. The van der Waals surface area contributed by atoms with E-state index in [-0.39, 0.29) is 12.5 Å². The maximum Gasteiger partial charge on any atom is 0.241 e. The first-order valence-corrected chi connectivity index (χ1v) is 11.2. The Bertz CT molecular complexity index is 1170. The molecular weight excluding hydrogens is 406 g/mol. The number of amides is 1. The van der Waals surface area contributed by atoms with Gasteiger partial charge in [-0.2, -0.15) is 0 Å². The molecule has 0 radical (unpaired) electrons. The summed E-state index contributed by atoms with van der Waals surface area (Å²) < 4.78 is 0. The van der Waals surface area contributed by atoms with Crippen LogP contribution in [0.2, 0.25) is 0 Å². The second-order valence-corrected chi connectivity index (χ2v) is 8.38. The molecule has 0 saturated heterocycles. The van der Waals surface area contributed by atoms with Crippen LogP contribution < -0.4 is 4.90 Å². The third-order valence-corrected chi connectivity index (χ3v) is 5.91. The summed E-state index contributed by atoms with van der Waals surface area (Å²) in [7, 11) is 3.56. The fourth-order valence-electron chi connectivity index (χ4n) is 3.44. The minimum atomic E-state index is 0.0413. The van der Waals surface area contributed by atoms with Gasteiger partial charge in [-0.25, -0.2) is 9.97 Å². The van der Waals surface area contributed by atoms with Crippen LogP contribution in [0.5, 0.6) is 0 Å². The largest absolute Gasteiger partial charge is 0.347 e. The topological polar surface area (TPSA) is 62.2 Å². The predicted molar refractivity (Wildman–Crippen MR) is 127 cm³/mol. The van der Waals surface area contributed by atoms with Crippen molar-refractivity contribution in [2.75, 3.05) is 32.1 Å². The molecule has 1 aromatic carbocycles. The Balaban J connectivity index is 1.94. The fraction of sp³-hybridized carbons (Fsp3) is 0.250. The molecule has 3 heterocycles. The molecule has 4 aromatic rings. The Morgan fingerprint density at radius 1 is 1.03 bits per heavy atom. The number of nitrogens with zero attached hydrogens (tertiary/aromatic N) is 5. The molecule has 3 aromatic heterocycles. The molecule has 0 spiro atoms. The maximum atomic E-state index is 12.6. The summed E-state index contributed by atoms with van der Waals surface area (Å²) in [6, 6.07) is 14.1. The number of hydrogen-bond acceptors (Lipinski definition) is 6. The number of hydrogen-bond donors (Lipinski definition) is 0. The molecule has 4 rings (SSSR count). The summed E-state index contributed by atoms with van der Waals surface area (Å²) in [5.41, 5.74) is 3.06. The van der Waals surface area contributed by atoms with E-state index in [1.807, 2.05) is 30.3 Å². The average Bonchev–Trinajstić information content (AvgIpc) is 3.23. The van der Waals surface area contributed by atoms with Gasteiger partial charge in [0.2, 0.25) is 5.91 Å². The fourth-order valence-corrected chi connectivity index (χ4v) is 4.38. The lowest BCUT2D eigenvalue weighted by molar-refractivity contribution is -0.127. The number of benzene rings is 1. The summed E-state index contributed by atoms with van der Waals surface area (Å²) in [6.45, 7) is 3.10. The van der Waals surface area contributed by atoms with E-state index in [0.29, 0.717) is 5.82 Å². The normalized spacial score (nSPS) is 10.9. The van der Waals surface area contributed by atoms with E-state index in [2.05, 4.69) is 34.3 Å². The van der Waals surface area contributed by atoms with Crippen LogP contribution in [-0.2, 0) is 4.79 Å². The molecule has 0 bridgehead atoms. The molecule has 158 valence electrons. The lowest BCUT2D eigenvalue weighted by Gasteiger charge is -2.25. The van der Waals surface area contributed by atoms with Gasteiger partial charge < -0.3 is 9.80 Å². The predicted octanol–water partition coefficient (Wildman–Crippen LogP) is 4.72. The number of thiophene rings is 1. The van der Waals surface area contributed by atoms with Crippen molar-refractivity contribution in [3.8, 4) is 22.5 Å². The van der Waals surface area contributed by atoms with Crippen LogP contribution in [0.15, 0.2) is 60.2 Å². The van der Waals surface area contributed by atoms with Crippen molar-refractivity contribution in [2.45, 2.75) is 13.3 Å². The van der Waals surface area contributed by atoms with Gasteiger partial charge in [-0.05, 0) is 24.1 Å². The maximum absolute atomic E-state index is 12.6. The van der Waals surface area contributed by atoms with Gasteiger partial charge in [0.15, 0.2) is 5.82 Å². The van der Waals surface area contributed by atoms with Crippen LogP contribution in [0.1, 0.15) is 13.3 Å². The molecule has 7 heteroatoms. The molecule has 31 heavy (non-hydrogen) atoms. The van der Waals surface area contributed by atoms with Crippen molar-refractivity contribution in [2.24, 2.45) is 0 Å². The van der Waals surface area contributed by atoms with Gasteiger partial charge >= 0.3 is 0 Å². The van der Waals surface area contributed by atoms with Gasteiger partial charge in [-0.1, -0.05) is 37.3 Å². The van der Waals surface area contributed by atoms with Crippen LogP contribution in [0, 0.1) is 0 Å². The molecule has 6 nitrogen and oxygen atoms in total. The zero-order valence-corrected chi connectivity index (χ0v) is 18.8. The van der Waals surface area contributed by atoms with Crippen molar-refractivity contribution >= 4 is 33.3 Å². The third-order valence-electron chi connectivity index (χ3n) is 5.04. The van der Waals surface area contributed by atoms with E-state index in [0.717, 1.165) is 45.7 Å². The SMILES string of the molecule is CCCN(CC(=O)N(C)C)c1nc(-c2cccnc2)nc2scc(-c3ccccc3)c12. The van der Waals surface area contributed by atoms with E-state index in [4.69, 9.17) is 9.97 Å². The minimum Gasteiger partial charge on any atom is -0.347 e. The second kappa shape index (κ2) is 9.22. The Labute approximate surface area is 186 Å². The number of carbonyl (C=O) groups excluding carboxylic acids is 1. The monoisotopic (exact) mass is 431 g/mol. The zero-order valence-electron chi connectivity index (χ0n) is 17.9. The highest BCUT2D eigenvalue weighted by atomic mass is 32.1. The quantitative estimate of drug-likeness (QED) is 0.423. The number of carbonyl (C=O) groups is 1. The highest BCUT2D eigenvalue weighted by Crippen LogP contribution is 2.39. The van der Waals surface area contributed by atoms with Gasteiger partial charge in [-0.3, -0.25) is 9.78 Å². The lowest BCUT2D eigenvalue weighted by atomic mass is 10.1. The van der Waals surface area contributed by atoms with E-state index < -0.39 is 0 Å². The van der Waals surface area contributed by atoms with E-state index in [1.165, 1.54) is 0 Å².